The average molecular weight is 305 g/mol. The number of hydrogen-bond acceptors (Lipinski definition) is 3. The largest absolute Gasteiger partial charge is 0.498 e. The first kappa shape index (κ1) is 20.1. The Morgan fingerprint density at radius 1 is 1.18 bits per heavy atom. The summed E-state index contributed by atoms with van der Waals surface area (Å²) in [6.45, 7) is 11.6. The minimum atomic E-state index is 0.475. The lowest BCUT2D eigenvalue weighted by molar-refractivity contribution is 0.191. The first-order valence-corrected chi connectivity index (χ1v) is 7.76. The summed E-state index contributed by atoms with van der Waals surface area (Å²) in [7, 11) is 1.64. The third-order valence-corrected chi connectivity index (χ3v) is 3.37. The molecule has 0 radical (unpaired) electrons. The van der Waals surface area contributed by atoms with Crippen LogP contribution in [0.15, 0.2) is 59.7 Å². The molecule has 0 spiro atoms. The van der Waals surface area contributed by atoms with Gasteiger partial charge in [-0.1, -0.05) is 36.8 Å². The first-order valence-electron chi connectivity index (χ1n) is 7.76. The van der Waals surface area contributed by atoms with Crippen LogP contribution in [0.25, 0.3) is 0 Å². The van der Waals surface area contributed by atoms with E-state index in [1.165, 1.54) is 5.57 Å². The minimum absolute atomic E-state index is 0.475. The van der Waals surface area contributed by atoms with Crippen LogP contribution in [0.1, 0.15) is 34.6 Å². The van der Waals surface area contributed by atoms with Gasteiger partial charge in [0, 0.05) is 6.54 Å². The van der Waals surface area contributed by atoms with Crippen molar-refractivity contribution in [1.82, 2.24) is 5.32 Å². The second-order valence-corrected chi connectivity index (χ2v) is 4.99. The fourth-order valence-electron chi connectivity index (χ4n) is 1.59. The zero-order valence-electron chi connectivity index (χ0n) is 14.8. The number of hydrogen-bond donors (Lipinski definition) is 1. The molecule has 0 saturated carbocycles. The SMILES string of the molecule is C/C=C\C(OCCN/C=C/C=CC(C)/C(C)=C\C)=C(/C)OC. The maximum Gasteiger partial charge on any atom is 0.156 e. The molecule has 3 heteroatoms. The fraction of sp³-hybridized carbons (Fsp3) is 0.474. The van der Waals surface area contributed by atoms with Gasteiger partial charge in [-0.2, -0.15) is 0 Å². The molecule has 0 amide bonds. The Kier molecular flexibility index (Phi) is 11.7. The van der Waals surface area contributed by atoms with E-state index in [9.17, 15) is 0 Å². The van der Waals surface area contributed by atoms with Gasteiger partial charge in [0.1, 0.15) is 12.4 Å². The fourth-order valence-corrected chi connectivity index (χ4v) is 1.59. The Morgan fingerprint density at radius 2 is 1.91 bits per heavy atom. The van der Waals surface area contributed by atoms with Crippen molar-refractivity contribution in [2.75, 3.05) is 20.3 Å². The van der Waals surface area contributed by atoms with E-state index >= 15 is 0 Å². The quantitative estimate of drug-likeness (QED) is 0.274. The second-order valence-electron chi connectivity index (χ2n) is 4.99. The number of allylic oxidation sites excluding steroid dienone is 8. The Hall–Kier alpha value is -1.90. The molecule has 0 bridgehead atoms. The van der Waals surface area contributed by atoms with Gasteiger partial charge in [-0.15, -0.1) is 0 Å². The molecule has 0 heterocycles. The monoisotopic (exact) mass is 305 g/mol. The van der Waals surface area contributed by atoms with Gasteiger partial charge in [0.15, 0.2) is 5.76 Å². The Labute approximate surface area is 136 Å². The van der Waals surface area contributed by atoms with Crippen LogP contribution in [-0.2, 0) is 9.47 Å². The Balaban J connectivity index is 4.03. The summed E-state index contributed by atoms with van der Waals surface area (Å²) in [5.74, 6) is 2.03. The molecule has 0 fully saturated rings. The number of ether oxygens (including phenoxy) is 2. The molecule has 0 aromatic rings. The highest BCUT2D eigenvalue weighted by Crippen LogP contribution is 2.10. The van der Waals surface area contributed by atoms with Crippen molar-refractivity contribution in [2.45, 2.75) is 34.6 Å². The molecule has 0 saturated heterocycles. The van der Waals surface area contributed by atoms with Crippen LogP contribution in [0.4, 0.5) is 0 Å². The van der Waals surface area contributed by atoms with Crippen LogP contribution >= 0.6 is 0 Å². The van der Waals surface area contributed by atoms with Crippen molar-refractivity contribution in [3.8, 4) is 0 Å². The predicted molar refractivity (Wildman–Crippen MR) is 95.4 cm³/mol. The highest BCUT2D eigenvalue weighted by Gasteiger charge is 1.99. The molecule has 1 N–H and O–H groups in total. The second kappa shape index (κ2) is 12.8. The summed E-state index contributed by atoms with van der Waals surface area (Å²) in [6, 6.07) is 0. The van der Waals surface area contributed by atoms with Crippen LogP contribution in [0.2, 0.25) is 0 Å². The van der Waals surface area contributed by atoms with Gasteiger partial charge in [0.05, 0.1) is 7.11 Å². The van der Waals surface area contributed by atoms with Crippen molar-refractivity contribution in [1.29, 1.82) is 0 Å². The number of methoxy groups -OCH3 is 1. The third kappa shape index (κ3) is 9.11. The lowest BCUT2D eigenvalue weighted by Crippen LogP contribution is -2.13. The van der Waals surface area contributed by atoms with Crippen LogP contribution in [-0.4, -0.2) is 20.3 Å². The lowest BCUT2D eigenvalue weighted by Gasteiger charge is -2.10. The summed E-state index contributed by atoms with van der Waals surface area (Å²) in [6.07, 6.45) is 14.2. The van der Waals surface area contributed by atoms with Crippen molar-refractivity contribution in [3.05, 3.63) is 59.7 Å². The molecule has 22 heavy (non-hydrogen) atoms. The van der Waals surface area contributed by atoms with E-state index in [1.54, 1.807) is 7.11 Å². The zero-order valence-corrected chi connectivity index (χ0v) is 14.8. The van der Waals surface area contributed by atoms with Gasteiger partial charge in [-0.05, 0) is 52.0 Å². The van der Waals surface area contributed by atoms with Gasteiger partial charge in [0.25, 0.3) is 0 Å². The Bertz CT molecular complexity index is 442. The van der Waals surface area contributed by atoms with Crippen LogP contribution in [0, 0.1) is 5.92 Å². The minimum Gasteiger partial charge on any atom is -0.498 e. The molecule has 1 atom stereocenters. The van der Waals surface area contributed by atoms with Crippen molar-refractivity contribution in [2.24, 2.45) is 5.92 Å². The van der Waals surface area contributed by atoms with Gasteiger partial charge in [0.2, 0.25) is 0 Å². The van der Waals surface area contributed by atoms with E-state index in [4.69, 9.17) is 9.47 Å². The highest BCUT2D eigenvalue weighted by atomic mass is 16.5. The zero-order chi connectivity index (χ0) is 16.8. The molecule has 0 aliphatic rings. The smallest absolute Gasteiger partial charge is 0.156 e. The molecule has 1 unspecified atom stereocenters. The van der Waals surface area contributed by atoms with E-state index in [1.807, 2.05) is 38.3 Å². The summed E-state index contributed by atoms with van der Waals surface area (Å²) in [5, 5.41) is 3.20. The van der Waals surface area contributed by atoms with E-state index in [0.717, 1.165) is 18.1 Å². The predicted octanol–water partition coefficient (Wildman–Crippen LogP) is 4.72. The van der Waals surface area contributed by atoms with Gasteiger partial charge in [-0.3, -0.25) is 0 Å². The molecule has 0 aromatic carbocycles. The van der Waals surface area contributed by atoms with Crippen LogP contribution in [0.5, 0.6) is 0 Å². The maximum atomic E-state index is 5.67. The standard InChI is InChI=1S/C19H31NO2/c1-7-11-19(18(5)21-6)22-15-14-20-13-10-9-12-17(4)16(3)8-2/h7-13,17,20H,14-15H2,1-6H3/b11-7-,12-9?,13-10+,16-8-,19-18-. The lowest BCUT2D eigenvalue weighted by atomic mass is 10.0. The molecule has 0 aliphatic carbocycles. The summed E-state index contributed by atoms with van der Waals surface area (Å²) >= 11 is 0. The van der Waals surface area contributed by atoms with E-state index in [-0.39, 0.29) is 0 Å². The number of nitrogens with one attached hydrogen (secondary N) is 1. The normalized spacial score (nSPS) is 15.5. The van der Waals surface area contributed by atoms with Crippen molar-refractivity contribution < 1.29 is 9.47 Å². The highest BCUT2D eigenvalue weighted by molar-refractivity contribution is 5.14. The summed E-state index contributed by atoms with van der Waals surface area (Å²) in [5.41, 5.74) is 1.38. The third-order valence-electron chi connectivity index (χ3n) is 3.37. The first-order chi connectivity index (χ1) is 10.6. The summed E-state index contributed by atoms with van der Waals surface area (Å²) < 4.78 is 10.9. The van der Waals surface area contributed by atoms with Crippen molar-refractivity contribution >= 4 is 0 Å². The van der Waals surface area contributed by atoms with E-state index < -0.39 is 0 Å². The van der Waals surface area contributed by atoms with Gasteiger partial charge >= 0.3 is 0 Å². The van der Waals surface area contributed by atoms with E-state index in [2.05, 4.69) is 44.3 Å². The maximum absolute atomic E-state index is 5.67. The number of rotatable bonds is 10. The van der Waals surface area contributed by atoms with E-state index in [0.29, 0.717) is 12.5 Å². The molecule has 0 aromatic heterocycles. The molecule has 0 aliphatic heterocycles. The topological polar surface area (TPSA) is 30.5 Å². The molecular weight excluding hydrogens is 274 g/mol. The van der Waals surface area contributed by atoms with Crippen LogP contribution < -0.4 is 5.32 Å². The van der Waals surface area contributed by atoms with Gasteiger partial charge < -0.3 is 14.8 Å². The van der Waals surface area contributed by atoms with Crippen LogP contribution in [0.3, 0.4) is 0 Å². The molecule has 0 rings (SSSR count). The molecule has 3 nitrogen and oxygen atoms in total. The molecule has 124 valence electrons. The molecular formula is C19H31NO2. The Morgan fingerprint density at radius 3 is 2.50 bits per heavy atom. The average Bonchev–Trinajstić information content (AvgIpc) is 2.54. The van der Waals surface area contributed by atoms with Gasteiger partial charge in [-0.25, -0.2) is 0 Å². The summed E-state index contributed by atoms with van der Waals surface area (Å²) in [4.78, 5) is 0. The van der Waals surface area contributed by atoms with Crippen molar-refractivity contribution in [3.63, 3.8) is 0 Å².